The van der Waals surface area contributed by atoms with Crippen LogP contribution in [0.5, 0.6) is 0 Å². The Bertz CT molecular complexity index is 523. The van der Waals surface area contributed by atoms with Crippen molar-refractivity contribution in [1.82, 2.24) is 4.98 Å². The van der Waals surface area contributed by atoms with Crippen LogP contribution < -0.4 is 5.01 Å². The summed E-state index contributed by atoms with van der Waals surface area (Å²) >= 11 is 3.25. The van der Waals surface area contributed by atoms with Crippen LogP contribution in [-0.2, 0) is 0 Å². The smallest absolute Gasteiger partial charge is 0.242 e. The first-order valence-electron chi connectivity index (χ1n) is 5.09. The quantitative estimate of drug-likeness (QED) is 0.792. The Morgan fingerprint density at radius 1 is 1.39 bits per heavy atom. The molecule has 0 bridgehead atoms. The highest BCUT2D eigenvalue weighted by molar-refractivity contribution is 9.10. The number of allylic oxidation sites excluding steroid dienone is 1. The number of halogens is 4. The summed E-state index contributed by atoms with van der Waals surface area (Å²) in [6.45, 7) is 1.92. The van der Waals surface area contributed by atoms with Crippen molar-refractivity contribution in [2.45, 2.75) is 13.1 Å². The minimum absolute atomic E-state index is 0.287. The second-order valence-electron chi connectivity index (χ2n) is 3.84. The van der Waals surface area contributed by atoms with Gasteiger partial charge in [0.05, 0.1) is 11.0 Å². The Hall–Kier alpha value is -1.37. The maximum absolute atomic E-state index is 12.7. The first-order valence-corrected chi connectivity index (χ1v) is 5.88. The second kappa shape index (κ2) is 4.72. The summed E-state index contributed by atoms with van der Waals surface area (Å²) in [4.78, 5) is 4.03. The minimum atomic E-state index is -4.46. The van der Waals surface area contributed by atoms with Gasteiger partial charge in [-0.25, -0.2) is 9.99 Å². The number of hydrazone groups is 1. The van der Waals surface area contributed by atoms with Gasteiger partial charge in [-0.2, -0.15) is 18.3 Å². The highest BCUT2D eigenvalue weighted by Crippen LogP contribution is 2.28. The van der Waals surface area contributed by atoms with E-state index in [-0.39, 0.29) is 6.54 Å². The lowest BCUT2D eigenvalue weighted by atomic mass is 10.2. The van der Waals surface area contributed by atoms with Gasteiger partial charge in [-0.05, 0) is 46.6 Å². The molecule has 96 valence electrons. The predicted octanol–water partition coefficient (Wildman–Crippen LogP) is 3.53. The van der Waals surface area contributed by atoms with Gasteiger partial charge in [-0.15, -0.1) is 0 Å². The Morgan fingerprint density at radius 2 is 2.11 bits per heavy atom. The van der Waals surface area contributed by atoms with E-state index < -0.39 is 11.9 Å². The van der Waals surface area contributed by atoms with Crippen molar-refractivity contribution in [3.8, 4) is 0 Å². The molecule has 1 aliphatic rings. The average molecular weight is 320 g/mol. The normalized spacial score (nSPS) is 16.4. The van der Waals surface area contributed by atoms with Crippen LogP contribution in [0.25, 0.3) is 0 Å². The maximum Gasteiger partial charge on any atom is 0.435 e. The molecule has 0 saturated heterocycles. The molecular weight excluding hydrogens is 311 g/mol. The number of nitrogens with zero attached hydrogens (tertiary/aromatic N) is 3. The number of hydrogen-bond acceptors (Lipinski definition) is 3. The van der Waals surface area contributed by atoms with E-state index in [0.29, 0.717) is 15.9 Å². The summed E-state index contributed by atoms with van der Waals surface area (Å²) < 4.78 is 38.6. The van der Waals surface area contributed by atoms with Crippen LogP contribution >= 0.6 is 15.9 Å². The molecule has 2 rings (SSSR count). The molecule has 0 atom stereocenters. The molecule has 0 radical (unpaired) electrons. The molecular formula is C11H9BrF3N3. The van der Waals surface area contributed by atoms with Gasteiger partial charge in [0.2, 0.25) is 0 Å². The number of rotatable bonds is 1. The van der Waals surface area contributed by atoms with E-state index in [9.17, 15) is 13.2 Å². The molecule has 0 spiro atoms. The number of alkyl halides is 3. The minimum Gasteiger partial charge on any atom is -0.242 e. The molecule has 1 aliphatic heterocycles. The largest absolute Gasteiger partial charge is 0.435 e. The molecule has 0 amide bonds. The highest BCUT2D eigenvalue weighted by Gasteiger charge is 2.37. The summed E-state index contributed by atoms with van der Waals surface area (Å²) in [7, 11) is 0. The molecule has 0 aliphatic carbocycles. The molecule has 0 N–H and O–H groups in total. The van der Waals surface area contributed by atoms with Crippen LogP contribution in [0.1, 0.15) is 6.92 Å². The number of pyridine rings is 1. The molecule has 1 aromatic heterocycles. The van der Waals surface area contributed by atoms with Gasteiger partial charge in [0.25, 0.3) is 0 Å². The van der Waals surface area contributed by atoms with Crippen molar-refractivity contribution in [2.24, 2.45) is 5.10 Å². The van der Waals surface area contributed by atoms with Crippen molar-refractivity contribution >= 4 is 27.5 Å². The summed E-state index contributed by atoms with van der Waals surface area (Å²) in [5, 5.41) is 4.83. The van der Waals surface area contributed by atoms with E-state index >= 15 is 0 Å². The first-order chi connectivity index (χ1) is 8.38. The molecule has 0 aromatic carbocycles. The van der Waals surface area contributed by atoms with Gasteiger partial charge in [0, 0.05) is 6.20 Å². The molecule has 0 saturated carbocycles. The van der Waals surface area contributed by atoms with Crippen LogP contribution in [0.4, 0.5) is 19.0 Å². The molecule has 0 fully saturated rings. The zero-order valence-electron chi connectivity index (χ0n) is 9.37. The fourth-order valence-corrected chi connectivity index (χ4v) is 2.00. The third-order valence-corrected chi connectivity index (χ3v) is 2.90. The van der Waals surface area contributed by atoms with Crippen molar-refractivity contribution in [3.05, 3.63) is 34.5 Å². The van der Waals surface area contributed by atoms with Crippen LogP contribution in [0.15, 0.2) is 39.6 Å². The monoisotopic (exact) mass is 319 g/mol. The lowest BCUT2D eigenvalue weighted by Crippen LogP contribution is -2.32. The highest BCUT2D eigenvalue weighted by atomic mass is 79.9. The summed E-state index contributed by atoms with van der Waals surface area (Å²) in [6, 6.07) is 3.40. The molecule has 3 nitrogen and oxygen atoms in total. The van der Waals surface area contributed by atoms with Crippen LogP contribution in [0.2, 0.25) is 0 Å². The average Bonchev–Trinajstić information content (AvgIpc) is 2.27. The summed E-state index contributed by atoms with van der Waals surface area (Å²) in [5.74, 6) is 0.367. The van der Waals surface area contributed by atoms with E-state index in [1.165, 1.54) is 11.2 Å². The zero-order valence-corrected chi connectivity index (χ0v) is 11.0. The van der Waals surface area contributed by atoms with E-state index in [4.69, 9.17) is 0 Å². The molecule has 0 unspecified atom stereocenters. The third-order valence-electron chi connectivity index (χ3n) is 2.28. The van der Waals surface area contributed by atoms with Crippen LogP contribution in [0, 0.1) is 0 Å². The molecule has 2 heterocycles. The first kappa shape index (κ1) is 13.1. The fraction of sp³-hybridized carbons (Fsp3) is 0.273. The lowest BCUT2D eigenvalue weighted by molar-refractivity contribution is -0.0581. The van der Waals surface area contributed by atoms with Crippen molar-refractivity contribution < 1.29 is 13.2 Å². The van der Waals surface area contributed by atoms with Crippen LogP contribution in [-0.4, -0.2) is 23.4 Å². The Kier molecular flexibility index (Phi) is 3.43. The van der Waals surface area contributed by atoms with Gasteiger partial charge in [-0.1, -0.05) is 0 Å². The van der Waals surface area contributed by atoms with Crippen molar-refractivity contribution in [3.63, 3.8) is 0 Å². The van der Waals surface area contributed by atoms with Gasteiger partial charge >= 0.3 is 6.18 Å². The Balaban J connectivity index is 2.40. The van der Waals surface area contributed by atoms with Gasteiger partial charge in [0.1, 0.15) is 0 Å². The summed E-state index contributed by atoms with van der Waals surface area (Å²) in [5.41, 5.74) is -0.335. The van der Waals surface area contributed by atoms with E-state index in [0.717, 1.165) is 6.08 Å². The maximum atomic E-state index is 12.7. The lowest BCUT2D eigenvalue weighted by Gasteiger charge is -2.25. The van der Waals surface area contributed by atoms with E-state index in [1.54, 1.807) is 19.1 Å². The molecule has 7 heteroatoms. The topological polar surface area (TPSA) is 28.5 Å². The molecule has 1 aromatic rings. The SMILES string of the molecule is CC1=CC(C(F)(F)F)=NN(c2ncccc2Br)C1. The van der Waals surface area contributed by atoms with E-state index in [1.807, 2.05) is 0 Å². The van der Waals surface area contributed by atoms with Gasteiger partial charge in [-0.3, -0.25) is 0 Å². The van der Waals surface area contributed by atoms with Crippen LogP contribution in [0.3, 0.4) is 0 Å². The van der Waals surface area contributed by atoms with Crippen molar-refractivity contribution in [2.75, 3.05) is 11.6 Å². The zero-order chi connectivity index (χ0) is 13.3. The predicted molar refractivity (Wildman–Crippen MR) is 66.5 cm³/mol. The van der Waals surface area contributed by atoms with Crippen molar-refractivity contribution in [1.29, 1.82) is 0 Å². The molecule has 18 heavy (non-hydrogen) atoms. The summed E-state index contributed by atoms with van der Waals surface area (Å²) in [6.07, 6.45) is -1.90. The van der Waals surface area contributed by atoms with E-state index in [2.05, 4.69) is 26.0 Å². The fourth-order valence-electron chi connectivity index (χ4n) is 1.54. The van der Waals surface area contributed by atoms with Gasteiger partial charge < -0.3 is 0 Å². The Labute approximate surface area is 110 Å². The standard InChI is InChI=1S/C11H9BrF3N3/c1-7-5-9(11(13,14)15)17-18(6-7)10-8(12)3-2-4-16-10/h2-5H,6H2,1H3. The number of anilines is 1. The second-order valence-corrected chi connectivity index (χ2v) is 4.69. The van der Waals surface area contributed by atoms with Gasteiger partial charge in [0.15, 0.2) is 11.5 Å². The Morgan fingerprint density at radius 3 is 2.72 bits per heavy atom. The third kappa shape index (κ3) is 2.72. The number of aromatic nitrogens is 1. The number of hydrogen-bond donors (Lipinski definition) is 0.